The molecule has 0 radical (unpaired) electrons. The first-order valence-corrected chi connectivity index (χ1v) is 21.2. The molecule has 0 unspecified atom stereocenters. The maximum absolute atomic E-state index is 12.8. The lowest BCUT2D eigenvalue weighted by atomic mass is 10.1. The molecule has 3 aliphatic rings. The van der Waals surface area contributed by atoms with Gasteiger partial charge in [0.1, 0.15) is 0 Å². The van der Waals surface area contributed by atoms with Gasteiger partial charge in [0.25, 0.3) is 17.7 Å². The SMILES string of the molecule is C=C1C(=O)N(Cc2ccccc2)c2ccccc21.CC/C=C1/C(=O)N(Cc2ccccc2)c2ccccc21.CCOC(=O)/C=C1\C(=O)N(Cc2ccccc2)c2ccccc21.O=C=O.O=C=O. The molecule has 6 aromatic carbocycles. The average Bonchev–Trinajstić information content (AvgIpc) is 3.87. The summed E-state index contributed by atoms with van der Waals surface area (Å²) in [6.45, 7) is 9.64. The molecular weight excluding hydrogens is 847 g/mol. The van der Waals surface area contributed by atoms with E-state index in [-0.39, 0.29) is 36.6 Å². The molecule has 0 spiro atoms. The van der Waals surface area contributed by atoms with Crippen LogP contribution >= 0.6 is 0 Å². The van der Waals surface area contributed by atoms with Crippen molar-refractivity contribution in [2.24, 2.45) is 0 Å². The van der Waals surface area contributed by atoms with E-state index in [0.29, 0.717) is 30.8 Å². The number of carbonyl (C=O) groups is 4. The molecule has 336 valence electrons. The van der Waals surface area contributed by atoms with E-state index in [2.05, 4.69) is 25.6 Å². The van der Waals surface area contributed by atoms with Crippen LogP contribution in [0.5, 0.6) is 0 Å². The minimum Gasteiger partial charge on any atom is -0.463 e. The zero-order valence-corrected chi connectivity index (χ0v) is 37.0. The molecule has 12 nitrogen and oxygen atoms in total. The van der Waals surface area contributed by atoms with Gasteiger partial charge >= 0.3 is 18.3 Å². The molecular formula is C55H47N3O9. The van der Waals surface area contributed by atoms with Crippen LogP contribution in [-0.2, 0) is 62.7 Å². The van der Waals surface area contributed by atoms with E-state index in [4.69, 9.17) is 23.9 Å². The van der Waals surface area contributed by atoms with E-state index in [1.165, 1.54) is 6.08 Å². The number of hydrogen-bond donors (Lipinski definition) is 0. The lowest BCUT2D eigenvalue weighted by molar-refractivity contribution is -0.193. The normalized spacial score (nSPS) is 13.8. The Morgan fingerprint density at radius 3 is 1.22 bits per heavy atom. The summed E-state index contributed by atoms with van der Waals surface area (Å²) in [5.41, 5.74) is 10.6. The van der Waals surface area contributed by atoms with Gasteiger partial charge in [-0.2, -0.15) is 19.2 Å². The van der Waals surface area contributed by atoms with Crippen LogP contribution in [0.1, 0.15) is 53.6 Å². The van der Waals surface area contributed by atoms with Crippen molar-refractivity contribution in [2.75, 3.05) is 21.3 Å². The second-order valence-corrected chi connectivity index (χ2v) is 14.7. The van der Waals surface area contributed by atoms with Gasteiger partial charge in [0.2, 0.25) is 0 Å². The highest BCUT2D eigenvalue weighted by Crippen LogP contribution is 2.39. The Bertz CT molecular complexity index is 2810. The Kier molecular flexibility index (Phi) is 18.3. The van der Waals surface area contributed by atoms with Crippen LogP contribution in [0.15, 0.2) is 183 Å². The molecule has 3 aliphatic heterocycles. The minimum atomic E-state index is -0.493. The summed E-state index contributed by atoms with van der Waals surface area (Å²) in [6.07, 6.45) is 4.68. The Balaban J connectivity index is 0.000000178. The van der Waals surface area contributed by atoms with Gasteiger partial charge in [-0.1, -0.05) is 165 Å². The smallest absolute Gasteiger partial charge is 0.373 e. The zero-order valence-electron chi connectivity index (χ0n) is 37.0. The molecule has 12 heteroatoms. The third-order valence-electron chi connectivity index (χ3n) is 10.5. The largest absolute Gasteiger partial charge is 0.463 e. The first-order valence-electron chi connectivity index (χ1n) is 21.2. The number of esters is 1. The molecule has 0 aromatic heterocycles. The number of allylic oxidation sites excluding steroid dienone is 1. The van der Waals surface area contributed by atoms with Gasteiger partial charge in [0, 0.05) is 33.9 Å². The predicted octanol–water partition coefficient (Wildman–Crippen LogP) is 9.29. The molecule has 6 aromatic rings. The van der Waals surface area contributed by atoms with Gasteiger partial charge in [-0.25, -0.2) is 4.79 Å². The van der Waals surface area contributed by atoms with Crippen LogP contribution in [-0.4, -0.2) is 42.6 Å². The van der Waals surface area contributed by atoms with Crippen molar-refractivity contribution in [3.63, 3.8) is 0 Å². The quantitative estimate of drug-likeness (QED) is 0.102. The molecule has 3 amide bonds. The molecule has 0 atom stereocenters. The molecule has 67 heavy (non-hydrogen) atoms. The van der Waals surface area contributed by atoms with Crippen molar-refractivity contribution in [3.05, 3.63) is 216 Å². The molecule has 0 bridgehead atoms. The maximum Gasteiger partial charge on any atom is 0.373 e. The minimum absolute atomic E-state index is 0.0000491. The highest BCUT2D eigenvalue weighted by Gasteiger charge is 2.34. The van der Waals surface area contributed by atoms with Gasteiger partial charge < -0.3 is 19.4 Å². The fraction of sp³-hybridized carbons (Fsp3) is 0.127. The van der Waals surface area contributed by atoms with Crippen molar-refractivity contribution in [3.8, 4) is 0 Å². The van der Waals surface area contributed by atoms with Crippen molar-refractivity contribution in [1.29, 1.82) is 0 Å². The Morgan fingerprint density at radius 2 is 0.821 bits per heavy atom. The van der Waals surface area contributed by atoms with Crippen molar-refractivity contribution in [2.45, 2.75) is 39.9 Å². The lowest BCUT2D eigenvalue weighted by Gasteiger charge is -2.17. The van der Waals surface area contributed by atoms with Gasteiger partial charge in [-0.15, -0.1) is 0 Å². The zero-order chi connectivity index (χ0) is 48.1. The van der Waals surface area contributed by atoms with E-state index in [9.17, 15) is 19.2 Å². The second kappa shape index (κ2) is 24.9. The maximum atomic E-state index is 12.8. The van der Waals surface area contributed by atoms with E-state index in [1.807, 2.05) is 163 Å². The van der Waals surface area contributed by atoms with E-state index < -0.39 is 5.97 Å². The number of ether oxygens (including phenoxy) is 1. The summed E-state index contributed by atoms with van der Waals surface area (Å²) < 4.78 is 4.93. The monoisotopic (exact) mass is 893 g/mol. The standard InChI is InChI=1S/C19H17NO3.C18H17NO.C16H13NO.2CO2/c1-2-23-18(21)12-16-15-10-6-7-11-17(15)20(19(16)22)13-14-8-4-3-5-9-14;1-2-8-16-15-11-6-7-12-17(15)19(18(16)20)13-14-9-4-3-5-10-14;1-12-14-9-5-6-10-15(14)17(16(12)18)11-13-7-3-2-4-8-13;2*2-1-3/h3-12H,2,13H2,1H3;3-12H,2,13H2,1H3;2-10H,1,11H2;;/b16-12-;16-8+;;;. The van der Waals surface area contributed by atoms with E-state index >= 15 is 0 Å². The van der Waals surface area contributed by atoms with Gasteiger partial charge in [0.05, 0.1) is 48.9 Å². The first kappa shape index (κ1) is 49.2. The average molecular weight is 894 g/mol. The van der Waals surface area contributed by atoms with Crippen LogP contribution in [0.3, 0.4) is 0 Å². The molecule has 9 rings (SSSR count). The van der Waals surface area contributed by atoms with Crippen LogP contribution in [0.25, 0.3) is 16.7 Å². The Morgan fingerprint density at radius 1 is 0.493 bits per heavy atom. The number of carbonyl (C=O) groups excluding carboxylic acids is 8. The number of fused-ring (bicyclic) bond motifs is 3. The summed E-state index contributed by atoms with van der Waals surface area (Å²) in [5, 5.41) is 0. The third kappa shape index (κ3) is 12.5. The first-order chi connectivity index (χ1) is 32.6. The van der Waals surface area contributed by atoms with Gasteiger partial charge in [-0.3, -0.25) is 14.4 Å². The third-order valence-corrected chi connectivity index (χ3v) is 10.5. The number of nitrogens with zero attached hydrogens (tertiary/aromatic N) is 3. The molecule has 0 N–H and O–H groups in total. The number of benzene rings is 6. The Hall–Kier alpha value is -8.82. The topological polar surface area (TPSA) is 156 Å². The van der Waals surface area contributed by atoms with Gasteiger partial charge in [0.15, 0.2) is 0 Å². The molecule has 0 saturated heterocycles. The molecule has 0 saturated carbocycles. The summed E-state index contributed by atoms with van der Waals surface area (Å²) >= 11 is 0. The van der Waals surface area contributed by atoms with Crippen LogP contribution in [0.2, 0.25) is 0 Å². The number of rotatable bonds is 9. The second-order valence-electron chi connectivity index (χ2n) is 14.7. The molecule has 0 fully saturated rings. The Labute approximate surface area is 388 Å². The van der Waals surface area contributed by atoms with Crippen molar-refractivity contribution < 1.29 is 43.1 Å². The number of para-hydroxylation sites is 3. The summed E-state index contributed by atoms with van der Waals surface area (Å²) in [4.78, 5) is 87.2. The van der Waals surface area contributed by atoms with Crippen molar-refractivity contribution >= 4 is 69.8 Å². The van der Waals surface area contributed by atoms with Crippen LogP contribution < -0.4 is 14.7 Å². The van der Waals surface area contributed by atoms with E-state index in [0.717, 1.165) is 62.4 Å². The summed E-state index contributed by atoms with van der Waals surface area (Å²) in [6, 6.07) is 53.2. The van der Waals surface area contributed by atoms with Crippen molar-refractivity contribution in [1.82, 2.24) is 0 Å². The molecule has 3 heterocycles. The number of amides is 3. The van der Waals surface area contributed by atoms with Crippen LogP contribution in [0.4, 0.5) is 17.1 Å². The van der Waals surface area contributed by atoms with Crippen LogP contribution in [0, 0.1) is 0 Å². The number of hydrogen-bond acceptors (Lipinski definition) is 9. The van der Waals surface area contributed by atoms with E-state index in [1.54, 1.807) is 16.7 Å². The number of anilines is 3. The fourth-order valence-corrected chi connectivity index (χ4v) is 7.58. The summed E-state index contributed by atoms with van der Waals surface area (Å²) in [7, 11) is 0. The summed E-state index contributed by atoms with van der Waals surface area (Å²) in [5.74, 6) is -0.563. The van der Waals surface area contributed by atoms with Gasteiger partial charge in [-0.05, 0) is 48.2 Å². The highest BCUT2D eigenvalue weighted by molar-refractivity contribution is 6.35. The lowest BCUT2D eigenvalue weighted by Crippen LogP contribution is -2.25. The highest BCUT2D eigenvalue weighted by atomic mass is 16.5. The fourth-order valence-electron chi connectivity index (χ4n) is 7.58. The predicted molar refractivity (Wildman–Crippen MR) is 254 cm³/mol. The molecule has 0 aliphatic carbocycles.